The molecule has 0 saturated carbocycles. The number of rotatable bonds is 10. The average molecular weight is 745 g/mol. The molecular weight excluding hydrogens is 709 g/mol. The predicted octanol–water partition coefficient (Wildman–Crippen LogP) is 2.52. The summed E-state index contributed by atoms with van der Waals surface area (Å²) in [6.45, 7) is 1.38. The number of carbonyl (C=O) groups excluding carboxylic acids is 2. The molecule has 0 radical (unpaired) electrons. The van der Waals surface area contributed by atoms with Crippen molar-refractivity contribution in [3.05, 3.63) is 89.5 Å². The number of aliphatic carboxylic acids is 2. The number of sulfonamides is 1. The lowest BCUT2D eigenvalue weighted by molar-refractivity contribution is -0.192. The Bertz CT molecular complexity index is 2140. The number of halogens is 3. The first-order valence-electron chi connectivity index (χ1n) is 15.6. The molecule has 0 aromatic heterocycles. The van der Waals surface area contributed by atoms with Gasteiger partial charge in [0.15, 0.2) is 0 Å². The number of carboxylic acids is 2. The van der Waals surface area contributed by atoms with E-state index in [0.717, 1.165) is 10.8 Å². The van der Waals surface area contributed by atoms with Crippen LogP contribution in [0.5, 0.6) is 0 Å². The highest BCUT2D eigenvalue weighted by atomic mass is 32.2. The van der Waals surface area contributed by atoms with Crippen LogP contribution in [0.2, 0.25) is 0 Å². The van der Waals surface area contributed by atoms with Crippen LogP contribution in [0.1, 0.15) is 27.9 Å². The normalized spacial score (nSPS) is 13.9. The van der Waals surface area contributed by atoms with E-state index in [1.807, 2.05) is 30.3 Å². The van der Waals surface area contributed by atoms with Crippen LogP contribution in [0.3, 0.4) is 0 Å². The molecular formula is C34H35F3N6O8S. The minimum atomic E-state index is -5.08. The number of carbonyl (C=O) groups is 4. The van der Waals surface area contributed by atoms with Gasteiger partial charge >= 0.3 is 18.1 Å². The zero-order valence-corrected chi connectivity index (χ0v) is 28.2. The predicted molar refractivity (Wildman–Crippen MR) is 184 cm³/mol. The molecule has 0 unspecified atom stereocenters. The topological polar surface area (TPSA) is 237 Å². The molecule has 0 bridgehead atoms. The van der Waals surface area contributed by atoms with Crippen molar-refractivity contribution in [2.75, 3.05) is 32.7 Å². The number of amides is 2. The van der Waals surface area contributed by atoms with E-state index in [0.29, 0.717) is 46.8 Å². The summed E-state index contributed by atoms with van der Waals surface area (Å²) in [7, 11) is -4.59. The van der Waals surface area contributed by atoms with E-state index >= 15 is 0 Å². The van der Waals surface area contributed by atoms with Gasteiger partial charge in [-0.05, 0) is 46.3 Å². The maximum Gasteiger partial charge on any atom is 0.490 e. The second kappa shape index (κ2) is 16.2. The van der Waals surface area contributed by atoms with Crippen LogP contribution in [0.15, 0.2) is 77.7 Å². The molecule has 1 fully saturated rings. The van der Waals surface area contributed by atoms with Gasteiger partial charge in [-0.2, -0.15) is 13.2 Å². The van der Waals surface area contributed by atoms with E-state index in [4.69, 9.17) is 26.8 Å². The summed E-state index contributed by atoms with van der Waals surface area (Å²) < 4.78 is 60.6. The fourth-order valence-electron chi connectivity index (χ4n) is 5.61. The summed E-state index contributed by atoms with van der Waals surface area (Å²) >= 11 is 0. The SMILES string of the molecule is N=C(N)c1cccc(C[C@H](N)C(=O)N(CCC(=O)O)S(=O)(=O)c2cccc3cc4ccccc4cc23)c1C(=O)N1CCNCC1.O=C(O)C(F)(F)F. The molecule has 0 spiro atoms. The monoisotopic (exact) mass is 744 g/mol. The number of carboxylic acid groups (broad SMARTS) is 2. The number of nitrogen functional groups attached to an aromatic ring is 1. The van der Waals surface area contributed by atoms with Crippen molar-refractivity contribution < 1.29 is 51.0 Å². The number of fused-ring (bicyclic) bond motifs is 2. The Balaban J connectivity index is 0.000000785. The molecule has 4 aromatic rings. The van der Waals surface area contributed by atoms with E-state index in [2.05, 4.69) is 5.32 Å². The van der Waals surface area contributed by atoms with Crippen molar-refractivity contribution in [3.63, 3.8) is 0 Å². The van der Waals surface area contributed by atoms with Crippen LogP contribution in [0, 0.1) is 5.41 Å². The molecule has 8 N–H and O–H groups in total. The van der Waals surface area contributed by atoms with Gasteiger partial charge in [0.05, 0.1) is 22.9 Å². The van der Waals surface area contributed by atoms with Crippen molar-refractivity contribution in [1.29, 1.82) is 5.41 Å². The van der Waals surface area contributed by atoms with E-state index in [1.165, 1.54) is 12.1 Å². The summed E-state index contributed by atoms with van der Waals surface area (Å²) in [6.07, 6.45) is -5.98. The molecule has 1 aliphatic rings. The first kappa shape index (κ1) is 39.2. The molecule has 5 rings (SSSR count). The van der Waals surface area contributed by atoms with Crippen molar-refractivity contribution in [1.82, 2.24) is 14.5 Å². The second-order valence-electron chi connectivity index (χ2n) is 11.6. The molecule has 52 heavy (non-hydrogen) atoms. The van der Waals surface area contributed by atoms with Crippen molar-refractivity contribution in [2.45, 2.75) is 30.0 Å². The van der Waals surface area contributed by atoms with Crippen molar-refractivity contribution in [2.24, 2.45) is 11.5 Å². The summed E-state index contributed by atoms with van der Waals surface area (Å²) in [5.74, 6) is -5.80. The van der Waals surface area contributed by atoms with Gasteiger partial charge in [0, 0.05) is 43.7 Å². The standard InChI is InChI=1S/C32H34N6O6S.C2HF3O2/c33-26(19-23-8-3-9-24(30(34)35)29(23)32(42)37-15-12-36-13-16-37)31(41)38(14-11-28(39)40)45(43,44)27-10-4-7-22-17-20-5-1-2-6-21(20)18-25(22)27;3-2(4,5)1(6)7/h1-10,17-18,26,36H,11-16,19,33H2,(H3,34,35)(H,39,40);(H,6,7)/t26-;/m0./s1. The minimum Gasteiger partial charge on any atom is -0.481 e. The van der Waals surface area contributed by atoms with Crippen LogP contribution in [0.4, 0.5) is 13.2 Å². The molecule has 2 amide bonds. The van der Waals surface area contributed by atoms with Crippen LogP contribution in [-0.4, -0.2) is 102 Å². The van der Waals surface area contributed by atoms with Crippen molar-refractivity contribution >= 4 is 61.2 Å². The highest BCUT2D eigenvalue weighted by Crippen LogP contribution is 2.31. The van der Waals surface area contributed by atoms with E-state index in [-0.39, 0.29) is 34.2 Å². The van der Waals surface area contributed by atoms with Crippen LogP contribution < -0.4 is 16.8 Å². The van der Waals surface area contributed by atoms with Crippen LogP contribution >= 0.6 is 0 Å². The number of amidine groups is 1. The summed E-state index contributed by atoms with van der Waals surface area (Å²) in [5.41, 5.74) is 12.8. The number of benzene rings is 4. The number of nitrogens with one attached hydrogen (secondary N) is 2. The first-order chi connectivity index (χ1) is 24.4. The van der Waals surface area contributed by atoms with E-state index in [1.54, 1.807) is 35.2 Å². The Labute approximate surface area is 295 Å². The van der Waals surface area contributed by atoms with Crippen LogP contribution in [0.25, 0.3) is 21.5 Å². The molecule has 1 saturated heterocycles. The fraction of sp³-hybridized carbons (Fsp3) is 0.265. The molecule has 18 heteroatoms. The van der Waals surface area contributed by atoms with Gasteiger partial charge in [-0.15, -0.1) is 0 Å². The van der Waals surface area contributed by atoms with Crippen LogP contribution in [-0.2, 0) is 30.8 Å². The first-order valence-corrected chi connectivity index (χ1v) is 17.1. The van der Waals surface area contributed by atoms with E-state index < -0.39 is 53.1 Å². The summed E-state index contributed by atoms with van der Waals surface area (Å²) in [5, 5.41) is 30.4. The number of nitrogens with zero attached hydrogens (tertiary/aromatic N) is 2. The van der Waals surface area contributed by atoms with Gasteiger partial charge < -0.3 is 31.9 Å². The molecule has 1 aliphatic heterocycles. The number of alkyl halides is 3. The zero-order chi connectivity index (χ0) is 38.4. The van der Waals surface area contributed by atoms with E-state index in [9.17, 15) is 41.1 Å². The van der Waals surface area contributed by atoms with Gasteiger partial charge in [-0.3, -0.25) is 19.8 Å². The fourth-order valence-corrected chi connectivity index (χ4v) is 7.26. The van der Waals surface area contributed by atoms with Crippen molar-refractivity contribution in [3.8, 4) is 0 Å². The largest absolute Gasteiger partial charge is 0.490 e. The second-order valence-corrected chi connectivity index (χ2v) is 13.5. The highest BCUT2D eigenvalue weighted by Gasteiger charge is 2.38. The quantitative estimate of drug-likeness (QED) is 0.0784. The molecule has 1 heterocycles. The number of nitrogens with two attached hydrogens (primary N) is 2. The third kappa shape index (κ3) is 9.00. The molecule has 14 nitrogen and oxygen atoms in total. The lowest BCUT2D eigenvalue weighted by Crippen LogP contribution is -2.49. The molecule has 4 aromatic carbocycles. The molecule has 276 valence electrons. The summed E-state index contributed by atoms with van der Waals surface area (Å²) in [6, 6.07) is 18.9. The zero-order valence-electron chi connectivity index (χ0n) is 27.4. The number of hydrogen-bond donors (Lipinski definition) is 6. The van der Waals surface area contributed by atoms with Gasteiger partial charge in [0.2, 0.25) is 0 Å². The molecule has 0 aliphatic carbocycles. The smallest absolute Gasteiger partial charge is 0.481 e. The van der Waals surface area contributed by atoms with Gasteiger partial charge in [0.25, 0.3) is 21.8 Å². The Morgan fingerprint density at radius 3 is 2.08 bits per heavy atom. The Hall–Kier alpha value is -5.59. The van der Waals surface area contributed by atoms with Gasteiger partial charge in [-0.25, -0.2) is 17.5 Å². The Kier molecular flexibility index (Phi) is 12.2. The summed E-state index contributed by atoms with van der Waals surface area (Å²) in [4.78, 5) is 49.4. The lowest BCUT2D eigenvalue weighted by atomic mass is 9.94. The molecule has 1 atom stereocenters. The average Bonchev–Trinajstić information content (AvgIpc) is 3.10. The minimum absolute atomic E-state index is 0.121. The third-order valence-electron chi connectivity index (χ3n) is 8.11. The van der Waals surface area contributed by atoms with Gasteiger partial charge in [0.1, 0.15) is 5.84 Å². The number of piperazine rings is 1. The third-order valence-corrected chi connectivity index (χ3v) is 9.96. The maximum absolute atomic E-state index is 14.2. The Morgan fingerprint density at radius 1 is 0.923 bits per heavy atom. The lowest BCUT2D eigenvalue weighted by Gasteiger charge is -2.29. The van der Waals surface area contributed by atoms with Gasteiger partial charge in [-0.1, -0.05) is 54.6 Å². The maximum atomic E-state index is 14.2. The highest BCUT2D eigenvalue weighted by molar-refractivity contribution is 7.90. The number of hydrogen-bond acceptors (Lipinski definition) is 9. The Morgan fingerprint density at radius 2 is 1.50 bits per heavy atom.